The number of hydrogen-bond acceptors (Lipinski definition) is 3. The van der Waals surface area contributed by atoms with Crippen molar-refractivity contribution >= 4 is 13.5 Å². The Bertz CT molecular complexity index is 84.3. The highest BCUT2D eigenvalue weighted by Crippen LogP contribution is 1.80. The van der Waals surface area contributed by atoms with Crippen molar-refractivity contribution in [3.8, 4) is 0 Å². The summed E-state index contributed by atoms with van der Waals surface area (Å²) in [7, 11) is 1.52. The zero-order valence-electron chi connectivity index (χ0n) is 5.59. The third-order valence-electron chi connectivity index (χ3n) is 0.834. The van der Waals surface area contributed by atoms with Gasteiger partial charge in [-0.05, 0) is 0 Å². The maximum Gasteiger partial charge on any atom is 0.187 e. The highest BCUT2D eigenvalue weighted by Gasteiger charge is 1.91. The molecule has 0 aromatic carbocycles. The molecule has 0 unspecified atom stereocenters. The van der Waals surface area contributed by atoms with Crippen LogP contribution in [-0.2, 0) is 9.53 Å². The molecule has 0 bridgehead atoms. The maximum absolute atomic E-state index is 10.3. The van der Waals surface area contributed by atoms with Crippen molar-refractivity contribution < 1.29 is 14.6 Å². The Morgan fingerprint density at radius 2 is 2.22 bits per heavy atom. The lowest BCUT2D eigenvalue weighted by molar-refractivity contribution is -0.112. The fraction of sp³-hybridized carbons (Fsp3) is 0.800. The molecular weight excluding hydrogens is 119 g/mol. The predicted octanol–water partition coefficient (Wildman–Crippen LogP) is -1.45. The molecule has 0 spiro atoms. The molecule has 0 saturated carbocycles. The van der Waals surface area contributed by atoms with Crippen molar-refractivity contribution in [3.63, 3.8) is 0 Å². The molecule has 0 atom stereocenters. The topological polar surface area (TPSA) is 46.5 Å². The molecule has 0 heterocycles. The first-order valence-corrected chi connectivity index (χ1v) is 2.95. The van der Waals surface area contributed by atoms with Crippen LogP contribution in [0.5, 0.6) is 0 Å². The number of carbonyl (C=O) groups excluding carboxylic acids is 1. The second-order valence-electron chi connectivity index (χ2n) is 1.79. The molecular formula is C5H11BO3. The second kappa shape index (κ2) is 5.79. The summed E-state index contributed by atoms with van der Waals surface area (Å²) in [4.78, 5) is 10.3. The van der Waals surface area contributed by atoms with E-state index >= 15 is 0 Å². The van der Waals surface area contributed by atoms with Gasteiger partial charge >= 0.3 is 0 Å². The summed E-state index contributed by atoms with van der Waals surface area (Å²) in [6, 6.07) is 0. The van der Waals surface area contributed by atoms with E-state index in [0.29, 0.717) is 19.6 Å². The Hall–Kier alpha value is -0.345. The van der Waals surface area contributed by atoms with Crippen LogP contribution in [0, 0.1) is 0 Å². The number of rotatable bonds is 5. The van der Waals surface area contributed by atoms with Gasteiger partial charge in [0.05, 0.1) is 25.5 Å². The average Bonchev–Trinajstić information content (AvgIpc) is 1.80. The van der Waals surface area contributed by atoms with Crippen LogP contribution in [0.15, 0.2) is 0 Å². The van der Waals surface area contributed by atoms with E-state index in [1.54, 1.807) is 0 Å². The smallest absolute Gasteiger partial charge is 0.187 e. The zero-order valence-corrected chi connectivity index (χ0v) is 5.59. The summed E-state index contributed by atoms with van der Waals surface area (Å²) in [5.74, 6) is 0. The molecule has 0 aliphatic rings. The van der Waals surface area contributed by atoms with E-state index < -0.39 is 0 Å². The molecule has 9 heavy (non-hydrogen) atoms. The van der Waals surface area contributed by atoms with Gasteiger partial charge in [-0.15, -0.1) is 0 Å². The van der Waals surface area contributed by atoms with Crippen molar-refractivity contribution in [2.45, 2.75) is 6.42 Å². The minimum atomic E-state index is 0.0257. The first-order chi connectivity index (χ1) is 4.27. The molecule has 3 nitrogen and oxygen atoms in total. The predicted molar refractivity (Wildman–Crippen MR) is 36.1 cm³/mol. The number of hydrogen-bond donors (Lipinski definition) is 1. The molecule has 0 aromatic rings. The normalized spacial score (nSPS) is 9.44. The Morgan fingerprint density at radius 3 is 2.67 bits per heavy atom. The van der Waals surface area contributed by atoms with Gasteiger partial charge in [-0.25, -0.2) is 0 Å². The minimum absolute atomic E-state index is 0.0257. The molecule has 4 heteroatoms. The quantitative estimate of drug-likeness (QED) is 0.365. The van der Waals surface area contributed by atoms with Gasteiger partial charge in [-0.2, -0.15) is 0 Å². The van der Waals surface area contributed by atoms with E-state index in [1.165, 1.54) is 7.85 Å². The summed E-state index contributed by atoms with van der Waals surface area (Å²) in [6.07, 6.45) is 0.444. The van der Waals surface area contributed by atoms with Gasteiger partial charge in [0.2, 0.25) is 0 Å². The van der Waals surface area contributed by atoms with E-state index in [9.17, 15) is 4.79 Å². The van der Waals surface area contributed by atoms with Crippen molar-refractivity contribution in [1.82, 2.24) is 0 Å². The first kappa shape index (κ1) is 8.65. The highest BCUT2D eigenvalue weighted by atomic mass is 16.5. The van der Waals surface area contributed by atoms with Crippen LogP contribution in [0.4, 0.5) is 0 Å². The molecule has 0 fully saturated rings. The van der Waals surface area contributed by atoms with E-state index in [0.717, 1.165) is 0 Å². The van der Waals surface area contributed by atoms with E-state index in [-0.39, 0.29) is 12.3 Å². The Labute approximate surface area is 55.4 Å². The van der Waals surface area contributed by atoms with Crippen LogP contribution < -0.4 is 0 Å². The summed E-state index contributed by atoms with van der Waals surface area (Å²) < 4.78 is 4.82. The van der Waals surface area contributed by atoms with Crippen LogP contribution in [0.25, 0.3) is 0 Å². The molecule has 0 amide bonds. The van der Waals surface area contributed by atoms with Crippen molar-refractivity contribution in [2.75, 3.05) is 19.8 Å². The summed E-state index contributed by atoms with van der Waals surface area (Å²) in [6.45, 7) is 0.779. The van der Waals surface area contributed by atoms with Gasteiger partial charge in [-0.1, -0.05) is 0 Å². The van der Waals surface area contributed by atoms with Gasteiger partial charge in [0.15, 0.2) is 7.85 Å². The summed E-state index contributed by atoms with van der Waals surface area (Å²) in [5.41, 5.74) is 0.118. The second-order valence-corrected chi connectivity index (χ2v) is 1.79. The molecule has 0 aliphatic carbocycles. The van der Waals surface area contributed by atoms with E-state index in [2.05, 4.69) is 0 Å². The lowest BCUT2D eigenvalue weighted by Crippen LogP contribution is -2.05. The lowest BCUT2D eigenvalue weighted by Gasteiger charge is -1.97. The lowest BCUT2D eigenvalue weighted by atomic mass is 10.0. The van der Waals surface area contributed by atoms with Crippen LogP contribution in [-0.4, -0.2) is 38.5 Å². The van der Waals surface area contributed by atoms with Gasteiger partial charge in [0, 0.05) is 6.42 Å². The third-order valence-corrected chi connectivity index (χ3v) is 0.834. The Balaban J connectivity index is 2.83. The van der Waals surface area contributed by atoms with Crippen LogP contribution >= 0.6 is 0 Å². The molecule has 0 rings (SSSR count). The number of aliphatic hydroxyl groups excluding tert-OH is 1. The zero-order chi connectivity index (χ0) is 7.11. The SMILES string of the molecule is BC(=O)CCOCCO. The fourth-order valence-corrected chi connectivity index (χ4v) is 0.383. The highest BCUT2D eigenvalue weighted by molar-refractivity contribution is 6.57. The van der Waals surface area contributed by atoms with Crippen LogP contribution in [0.1, 0.15) is 6.42 Å². The standard InChI is InChI=1S/C5H11BO3/c6-5(8)1-3-9-4-2-7/h7H,1-4,6H2. The van der Waals surface area contributed by atoms with E-state index in [1.807, 2.05) is 0 Å². The monoisotopic (exact) mass is 130 g/mol. The van der Waals surface area contributed by atoms with Crippen molar-refractivity contribution in [3.05, 3.63) is 0 Å². The van der Waals surface area contributed by atoms with Gasteiger partial charge < -0.3 is 14.6 Å². The van der Waals surface area contributed by atoms with Crippen LogP contribution in [0.3, 0.4) is 0 Å². The molecule has 0 aromatic heterocycles. The summed E-state index contributed by atoms with van der Waals surface area (Å²) in [5, 5.41) is 8.22. The third kappa shape index (κ3) is 7.65. The Morgan fingerprint density at radius 1 is 1.56 bits per heavy atom. The van der Waals surface area contributed by atoms with Crippen molar-refractivity contribution in [1.29, 1.82) is 0 Å². The molecule has 0 saturated heterocycles. The molecule has 0 aliphatic heterocycles. The fourth-order valence-electron chi connectivity index (χ4n) is 0.383. The largest absolute Gasteiger partial charge is 0.394 e. The van der Waals surface area contributed by atoms with Crippen LogP contribution in [0.2, 0.25) is 0 Å². The minimum Gasteiger partial charge on any atom is -0.394 e. The molecule has 52 valence electrons. The first-order valence-electron chi connectivity index (χ1n) is 2.95. The molecule has 1 N–H and O–H groups in total. The summed E-state index contributed by atoms with van der Waals surface area (Å²) >= 11 is 0. The van der Waals surface area contributed by atoms with Gasteiger partial charge in [0.1, 0.15) is 0 Å². The van der Waals surface area contributed by atoms with Gasteiger partial charge in [0.25, 0.3) is 0 Å². The average molecular weight is 130 g/mol. The van der Waals surface area contributed by atoms with Gasteiger partial charge in [-0.3, -0.25) is 0 Å². The maximum atomic E-state index is 10.3. The van der Waals surface area contributed by atoms with Crippen molar-refractivity contribution in [2.24, 2.45) is 0 Å². The van der Waals surface area contributed by atoms with E-state index in [4.69, 9.17) is 9.84 Å². The Kier molecular flexibility index (Phi) is 5.56. The number of ether oxygens (including phenoxy) is 1. The number of aliphatic hydroxyl groups is 1. The number of carbonyl (C=O) groups is 1. The molecule has 0 radical (unpaired) electrons.